The second-order valence-corrected chi connectivity index (χ2v) is 9.28. The fourth-order valence-corrected chi connectivity index (χ4v) is 3.33. The van der Waals surface area contributed by atoms with Gasteiger partial charge >= 0.3 is 0 Å². The fraction of sp³-hybridized carbons (Fsp3) is 0.400. The maximum Gasteiger partial charge on any atom is 0.0681 e. The summed E-state index contributed by atoms with van der Waals surface area (Å²) in [6.45, 7) is 8.15. The zero-order valence-electron chi connectivity index (χ0n) is 14.9. The number of rotatable bonds is 6. The molecule has 0 aliphatic carbocycles. The van der Waals surface area contributed by atoms with Gasteiger partial charge in [-0.2, -0.15) is 0 Å². The zero-order chi connectivity index (χ0) is 17.7. The van der Waals surface area contributed by atoms with Gasteiger partial charge in [0.1, 0.15) is 0 Å². The summed E-state index contributed by atoms with van der Waals surface area (Å²) in [5, 5.41) is 12.8. The number of benzene rings is 2. The molecule has 0 heterocycles. The van der Waals surface area contributed by atoms with Crippen LogP contribution in [0.15, 0.2) is 48.5 Å². The van der Waals surface area contributed by atoms with Gasteiger partial charge in [0, 0.05) is 33.0 Å². The van der Waals surface area contributed by atoms with E-state index in [0.29, 0.717) is 5.75 Å². The van der Waals surface area contributed by atoms with Crippen LogP contribution in [0.3, 0.4) is 0 Å². The summed E-state index contributed by atoms with van der Waals surface area (Å²) >= 11 is 0. The number of anilines is 1. The van der Waals surface area contributed by atoms with Gasteiger partial charge in [-0.15, -0.1) is 0 Å². The second kappa shape index (κ2) is 7.95. The average Bonchev–Trinajstić information content (AvgIpc) is 2.54. The van der Waals surface area contributed by atoms with Crippen molar-refractivity contribution >= 4 is 16.5 Å². The first kappa shape index (κ1) is 18.7. The lowest BCUT2D eigenvalue weighted by Crippen LogP contribution is -2.22. The van der Waals surface area contributed by atoms with Crippen LogP contribution in [0.4, 0.5) is 5.69 Å². The molecule has 2 unspecified atom stereocenters. The van der Waals surface area contributed by atoms with Crippen molar-refractivity contribution in [1.82, 2.24) is 0 Å². The van der Waals surface area contributed by atoms with Gasteiger partial charge in [0.25, 0.3) is 0 Å². The molecule has 0 aliphatic rings. The SMILES string of the molecule is CC(Nc1cccc(CS(=O)C(C)(C)C)c1)c1cccc(CO)c1. The van der Waals surface area contributed by atoms with Crippen molar-refractivity contribution in [3.63, 3.8) is 0 Å². The van der Waals surface area contributed by atoms with E-state index in [9.17, 15) is 9.32 Å². The van der Waals surface area contributed by atoms with Crippen LogP contribution in [0.2, 0.25) is 0 Å². The van der Waals surface area contributed by atoms with Gasteiger partial charge in [0.05, 0.1) is 6.61 Å². The Balaban J connectivity index is 2.10. The first-order valence-corrected chi connectivity index (χ1v) is 9.55. The highest BCUT2D eigenvalue weighted by Gasteiger charge is 2.19. The zero-order valence-corrected chi connectivity index (χ0v) is 15.7. The Bertz CT molecular complexity index is 707. The molecule has 0 fully saturated rings. The summed E-state index contributed by atoms with van der Waals surface area (Å²) < 4.78 is 12.1. The number of aliphatic hydroxyl groups is 1. The lowest BCUT2D eigenvalue weighted by Gasteiger charge is -2.19. The maximum atomic E-state index is 12.3. The Morgan fingerprint density at radius 1 is 1.08 bits per heavy atom. The van der Waals surface area contributed by atoms with Crippen LogP contribution in [0.1, 0.15) is 50.4 Å². The molecule has 0 saturated carbocycles. The topological polar surface area (TPSA) is 49.3 Å². The van der Waals surface area contributed by atoms with E-state index in [0.717, 1.165) is 22.4 Å². The van der Waals surface area contributed by atoms with Crippen molar-refractivity contribution in [3.05, 3.63) is 65.2 Å². The largest absolute Gasteiger partial charge is 0.392 e. The molecule has 2 atom stereocenters. The fourth-order valence-electron chi connectivity index (χ4n) is 2.41. The van der Waals surface area contributed by atoms with E-state index < -0.39 is 10.8 Å². The van der Waals surface area contributed by atoms with Crippen molar-refractivity contribution in [2.75, 3.05) is 5.32 Å². The van der Waals surface area contributed by atoms with Gasteiger partial charge in [0.15, 0.2) is 0 Å². The Labute approximate surface area is 147 Å². The molecule has 0 aliphatic heterocycles. The molecule has 3 nitrogen and oxygen atoms in total. The highest BCUT2D eigenvalue weighted by atomic mass is 32.2. The van der Waals surface area contributed by atoms with Gasteiger partial charge in [-0.3, -0.25) is 4.21 Å². The van der Waals surface area contributed by atoms with Crippen LogP contribution in [0, 0.1) is 0 Å². The highest BCUT2D eigenvalue weighted by molar-refractivity contribution is 7.85. The van der Waals surface area contributed by atoms with E-state index in [4.69, 9.17) is 0 Å². The van der Waals surface area contributed by atoms with E-state index in [1.165, 1.54) is 0 Å². The molecular weight excluding hydrogens is 318 g/mol. The third-order valence-electron chi connectivity index (χ3n) is 3.92. The molecule has 0 aromatic heterocycles. The normalized spacial score (nSPS) is 14.2. The van der Waals surface area contributed by atoms with Crippen LogP contribution >= 0.6 is 0 Å². The van der Waals surface area contributed by atoms with Gasteiger partial charge in [-0.1, -0.05) is 36.4 Å². The molecule has 0 radical (unpaired) electrons. The van der Waals surface area contributed by atoms with E-state index in [-0.39, 0.29) is 17.4 Å². The summed E-state index contributed by atoms with van der Waals surface area (Å²) in [5.74, 6) is 0.563. The van der Waals surface area contributed by atoms with Gasteiger partial charge in [0.2, 0.25) is 0 Å². The van der Waals surface area contributed by atoms with Gasteiger partial charge in [-0.25, -0.2) is 0 Å². The monoisotopic (exact) mass is 345 g/mol. The van der Waals surface area contributed by atoms with Gasteiger partial charge in [-0.05, 0) is 56.5 Å². The third-order valence-corrected chi connectivity index (χ3v) is 5.89. The van der Waals surface area contributed by atoms with E-state index in [1.807, 2.05) is 57.2 Å². The average molecular weight is 346 g/mol. The molecule has 2 aromatic carbocycles. The quantitative estimate of drug-likeness (QED) is 0.816. The van der Waals surface area contributed by atoms with Crippen LogP contribution < -0.4 is 5.32 Å². The maximum absolute atomic E-state index is 12.3. The number of hydrogen-bond acceptors (Lipinski definition) is 3. The molecule has 130 valence electrons. The summed E-state index contributed by atoms with van der Waals surface area (Å²) in [6.07, 6.45) is 0. The predicted molar refractivity (Wildman–Crippen MR) is 102 cm³/mol. The van der Waals surface area contributed by atoms with Crippen molar-refractivity contribution in [2.45, 2.75) is 50.8 Å². The lowest BCUT2D eigenvalue weighted by molar-refractivity contribution is 0.281. The summed E-state index contributed by atoms with van der Waals surface area (Å²) in [4.78, 5) is 0. The minimum absolute atomic E-state index is 0.0503. The van der Waals surface area contributed by atoms with Gasteiger partial charge < -0.3 is 10.4 Å². The van der Waals surface area contributed by atoms with E-state index in [2.05, 4.69) is 24.4 Å². The van der Waals surface area contributed by atoms with Crippen LogP contribution in [-0.4, -0.2) is 14.1 Å². The first-order chi connectivity index (χ1) is 11.3. The first-order valence-electron chi connectivity index (χ1n) is 8.23. The van der Waals surface area contributed by atoms with Crippen molar-refractivity contribution in [2.24, 2.45) is 0 Å². The highest BCUT2D eigenvalue weighted by Crippen LogP contribution is 2.23. The van der Waals surface area contributed by atoms with Crippen LogP contribution in [0.25, 0.3) is 0 Å². The lowest BCUT2D eigenvalue weighted by atomic mass is 10.0. The van der Waals surface area contributed by atoms with Crippen LogP contribution in [0.5, 0.6) is 0 Å². The molecule has 0 spiro atoms. The minimum atomic E-state index is -0.905. The number of aliphatic hydroxyl groups excluding tert-OH is 1. The second-order valence-electron chi connectivity index (χ2n) is 7.07. The van der Waals surface area contributed by atoms with E-state index in [1.54, 1.807) is 0 Å². The molecule has 2 aromatic rings. The number of hydrogen-bond donors (Lipinski definition) is 2. The Morgan fingerprint density at radius 3 is 2.42 bits per heavy atom. The Kier molecular flexibility index (Phi) is 6.19. The van der Waals surface area contributed by atoms with Crippen molar-refractivity contribution in [3.8, 4) is 0 Å². The standard InChI is InChI=1S/C20H27NO2S/c1-15(18-9-5-7-16(11-18)13-22)21-19-10-6-8-17(12-19)14-24(23)20(2,3)4/h5-12,15,21-22H,13-14H2,1-4H3. The number of nitrogens with one attached hydrogen (secondary N) is 1. The molecule has 0 amide bonds. The summed E-state index contributed by atoms with van der Waals surface area (Å²) in [7, 11) is -0.905. The predicted octanol–water partition coefficient (Wildman–Crippen LogP) is 4.40. The molecule has 0 bridgehead atoms. The Morgan fingerprint density at radius 2 is 1.75 bits per heavy atom. The van der Waals surface area contributed by atoms with Crippen LogP contribution in [-0.2, 0) is 23.2 Å². The molecule has 24 heavy (non-hydrogen) atoms. The van der Waals surface area contributed by atoms with Crippen molar-refractivity contribution < 1.29 is 9.32 Å². The van der Waals surface area contributed by atoms with E-state index >= 15 is 0 Å². The molecule has 4 heteroatoms. The molecule has 2 N–H and O–H groups in total. The third kappa shape index (κ3) is 5.18. The molecule has 0 saturated heterocycles. The molecular formula is C20H27NO2S. The minimum Gasteiger partial charge on any atom is -0.392 e. The van der Waals surface area contributed by atoms with Crippen molar-refractivity contribution in [1.29, 1.82) is 0 Å². The smallest absolute Gasteiger partial charge is 0.0681 e. The summed E-state index contributed by atoms with van der Waals surface area (Å²) in [6, 6.07) is 16.2. The molecule has 2 rings (SSSR count). The Hall–Kier alpha value is -1.65. The summed E-state index contributed by atoms with van der Waals surface area (Å²) in [5.41, 5.74) is 4.13.